The highest BCUT2D eigenvalue weighted by atomic mass is 79.9. The predicted molar refractivity (Wildman–Crippen MR) is 47.1 cm³/mol. The van der Waals surface area contributed by atoms with Gasteiger partial charge in [0.05, 0.1) is 6.42 Å². The smallest absolute Gasteiger partial charge is 0.304 e. The second-order valence-corrected chi connectivity index (χ2v) is 3.32. The molecule has 0 radical (unpaired) electrons. The number of nitriles is 1. The molecule has 1 atom stereocenters. The summed E-state index contributed by atoms with van der Waals surface area (Å²) in [6.45, 7) is 2.89. The Kier molecular flexibility index (Phi) is 4.39. The second-order valence-electron chi connectivity index (χ2n) is 2.04. The molecule has 0 aromatic rings. The van der Waals surface area contributed by atoms with Crippen LogP contribution in [0.25, 0.3) is 0 Å². The van der Waals surface area contributed by atoms with Crippen LogP contribution in [0.4, 0.5) is 0 Å². The number of hydrogen-bond donors (Lipinski definition) is 0. The minimum absolute atomic E-state index is 0.166. The Balaban J connectivity index is 4.33. The summed E-state index contributed by atoms with van der Waals surface area (Å²) in [6.07, 6.45) is 0.166. The van der Waals surface area contributed by atoms with Crippen LogP contribution in [-0.2, 0) is 9.53 Å². The molecular weight excluding hydrogens is 222 g/mol. The van der Waals surface area contributed by atoms with Crippen molar-refractivity contribution in [1.82, 2.24) is 0 Å². The van der Waals surface area contributed by atoms with Gasteiger partial charge in [0.15, 0.2) is 0 Å². The normalized spacial score (nSPS) is 13.2. The molecule has 0 fully saturated rings. The molecule has 4 heteroatoms. The molecule has 0 saturated heterocycles. The standard InChI is InChI=1S/C8H8BrNO2/c1-3-4-5-8(9,6-10)12-7(2)11/h5H2,1-2H3. The SMILES string of the molecule is CC#CCC(Br)(C#N)OC(C)=O. The molecule has 1 unspecified atom stereocenters. The van der Waals surface area contributed by atoms with E-state index in [-0.39, 0.29) is 6.42 Å². The van der Waals surface area contributed by atoms with E-state index in [4.69, 9.17) is 10.00 Å². The van der Waals surface area contributed by atoms with Crippen LogP contribution in [0.2, 0.25) is 0 Å². The summed E-state index contributed by atoms with van der Waals surface area (Å²) in [4.78, 5) is 10.5. The Morgan fingerprint density at radius 3 is 2.67 bits per heavy atom. The lowest BCUT2D eigenvalue weighted by atomic mass is 10.3. The third-order valence-electron chi connectivity index (χ3n) is 0.965. The summed E-state index contributed by atoms with van der Waals surface area (Å²) >= 11 is 2.98. The van der Waals surface area contributed by atoms with Crippen LogP contribution in [0.1, 0.15) is 20.3 Å². The van der Waals surface area contributed by atoms with Crippen LogP contribution in [0.15, 0.2) is 0 Å². The second kappa shape index (κ2) is 4.79. The number of carbonyl (C=O) groups excluding carboxylic acids is 1. The van der Waals surface area contributed by atoms with E-state index in [9.17, 15) is 4.79 Å². The van der Waals surface area contributed by atoms with Crippen LogP contribution < -0.4 is 0 Å². The molecule has 3 nitrogen and oxygen atoms in total. The molecule has 0 spiro atoms. The number of nitrogens with zero attached hydrogens (tertiary/aromatic N) is 1. The topological polar surface area (TPSA) is 50.1 Å². The predicted octanol–water partition coefficient (Wildman–Crippen LogP) is 1.58. The van der Waals surface area contributed by atoms with Crippen molar-refractivity contribution < 1.29 is 9.53 Å². The van der Waals surface area contributed by atoms with E-state index in [1.807, 2.05) is 6.07 Å². The number of halogens is 1. The zero-order valence-corrected chi connectivity index (χ0v) is 8.43. The number of ether oxygens (including phenoxy) is 1. The summed E-state index contributed by atoms with van der Waals surface area (Å²) in [6, 6.07) is 1.82. The van der Waals surface area contributed by atoms with E-state index < -0.39 is 10.5 Å². The fraction of sp³-hybridized carbons (Fsp3) is 0.500. The summed E-state index contributed by atoms with van der Waals surface area (Å²) in [7, 11) is 0. The highest BCUT2D eigenvalue weighted by Crippen LogP contribution is 2.22. The molecule has 0 amide bonds. The maximum atomic E-state index is 10.5. The van der Waals surface area contributed by atoms with Crippen LogP contribution in [0.3, 0.4) is 0 Å². The number of esters is 1. The number of alkyl halides is 1. The summed E-state index contributed by atoms with van der Waals surface area (Å²) in [5, 5.41) is 8.62. The molecule has 0 saturated carbocycles. The van der Waals surface area contributed by atoms with E-state index in [2.05, 4.69) is 27.8 Å². The molecule has 0 N–H and O–H groups in total. The molecule has 0 heterocycles. The van der Waals surface area contributed by atoms with Crippen molar-refractivity contribution in [2.24, 2.45) is 0 Å². The van der Waals surface area contributed by atoms with Crippen LogP contribution >= 0.6 is 15.9 Å². The zero-order chi connectivity index (χ0) is 9.61. The van der Waals surface area contributed by atoms with Gasteiger partial charge in [0.2, 0.25) is 0 Å². The van der Waals surface area contributed by atoms with Gasteiger partial charge in [0, 0.05) is 6.92 Å². The number of hydrogen-bond acceptors (Lipinski definition) is 3. The lowest BCUT2D eigenvalue weighted by molar-refractivity contribution is -0.145. The van der Waals surface area contributed by atoms with Gasteiger partial charge in [-0.25, -0.2) is 0 Å². The Morgan fingerprint density at radius 1 is 1.75 bits per heavy atom. The van der Waals surface area contributed by atoms with Crippen molar-refractivity contribution in [1.29, 1.82) is 5.26 Å². The van der Waals surface area contributed by atoms with E-state index in [1.54, 1.807) is 6.92 Å². The van der Waals surface area contributed by atoms with Gasteiger partial charge in [-0.3, -0.25) is 4.79 Å². The van der Waals surface area contributed by atoms with Crippen LogP contribution in [-0.4, -0.2) is 10.5 Å². The first-order chi connectivity index (χ1) is 5.54. The lowest BCUT2D eigenvalue weighted by Gasteiger charge is -2.15. The minimum Gasteiger partial charge on any atom is -0.433 e. The fourth-order valence-corrected chi connectivity index (χ4v) is 0.896. The van der Waals surface area contributed by atoms with Gasteiger partial charge in [-0.1, -0.05) is 5.92 Å². The molecule has 0 aromatic heterocycles. The maximum Gasteiger partial charge on any atom is 0.304 e. The third-order valence-corrected chi connectivity index (χ3v) is 1.58. The first-order valence-corrected chi connectivity index (χ1v) is 4.03. The molecule has 0 aliphatic heterocycles. The largest absolute Gasteiger partial charge is 0.433 e. The van der Waals surface area contributed by atoms with Gasteiger partial charge in [-0.05, 0) is 22.9 Å². The van der Waals surface area contributed by atoms with Gasteiger partial charge in [0.1, 0.15) is 6.07 Å². The zero-order valence-electron chi connectivity index (χ0n) is 6.85. The van der Waals surface area contributed by atoms with E-state index in [0.29, 0.717) is 0 Å². The van der Waals surface area contributed by atoms with Gasteiger partial charge in [-0.15, -0.1) is 5.92 Å². The van der Waals surface area contributed by atoms with Gasteiger partial charge in [-0.2, -0.15) is 5.26 Å². The van der Waals surface area contributed by atoms with Crippen LogP contribution in [0.5, 0.6) is 0 Å². The first kappa shape index (κ1) is 11.0. The minimum atomic E-state index is -1.29. The monoisotopic (exact) mass is 229 g/mol. The Morgan fingerprint density at radius 2 is 2.33 bits per heavy atom. The molecule has 12 heavy (non-hydrogen) atoms. The third kappa shape index (κ3) is 4.00. The van der Waals surface area contributed by atoms with E-state index in [1.165, 1.54) is 6.92 Å². The van der Waals surface area contributed by atoms with Crippen molar-refractivity contribution in [2.45, 2.75) is 24.8 Å². The van der Waals surface area contributed by atoms with Crippen molar-refractivity contribution >= 4 is 21.9 Å². The molecule has 0 rings (SSSR count). The maximum absolute atomic E-state index is 10.5. The average Bonchev–Trinajstić information content (AvgIpc) is 2.00. The number of rotatable bonds is 2. The van der Waals surface area contributed by atoms with Crippen LogP contribution in [0, 0.1) is 23.2 Å². The van der Waals surface area contributed by atoms with Crippen molar-refractivity contribution in [3.8, 4) is 17.9 Å². The first-order valence-electron chi connectivity index (χ1n) is 3.23. The van der Waals surface area contributed by atoms with Crippen molar-refractivity contribution in [2.75, 3.05) is 0 Å². The Bertz CT molecular complexity index is 271. The van der Waals surface area contributed by atoms with E-state index >= 15 is 0 Å². The molecule has 0 aliphatic carbocycles. The Labute approximate surface area is 79.8 Å². The van der Waals surface area contributed by atoms with E-state index in [0.717, 1.165) is 0 Å². The average molecular weight is 230 g/mol. The summed E-state index contributed by atoms with van der Waals surface area (Å²) in [5.74, 6) is 4.75. The molecular formula is C8H8BrNO2. The van der Waals surface area contributed by atoms with Crippen molar-refractivity contribution in [3.63, 3.8) is 0 Å². The highest BCUT2D eigenvalue weighted by molar-refractivity contribution is 9.10. The van der Waals surface area contributed by atoms with Gasteiger partial charge >= 0.3 is 5.97 Å². The molecule has 0 aromatic carbocycles. The molecule has 0 bridgehead atoms. The fourth-order valence-electron chi connectivity index (χ4n) is 0.528. The molecule has 0 aliphatic rings. The molecule has 64 valence electrons. The Hall–Kier alpha value is -1.00. The number of carbonyl (C=O) groups is 1. The lowest BCUT2D eigenvalue weighted by Crippen LogP contribution is -2.24. The summed E-state index contributed by atoms with van der Waals surface area (Å²) < 4.78 is 3.41. The van der Waals surface area contributed by atoms with Crippen molar-refractivity contribution in [3.05, 3.63) is 0 Å². The highest BCUT2D eigenvalue weighted by Gasteiger charge is 2.28. The quantitative estimate of drug-likeness (QED) is 0.411. The summed E-state index contributed by atoms with van der Waals surface area (Å²) in [5.41, 5.74) is 0. The van der Waals surface area contributed by atoms with Gasteiger partial charge < -0.3 is 4.74 Å². The van der Waals surface area contributed by atoms with Gasteiger partial charge in [0.25, 0.3) is 4.51 Å².